The summed E-state index contributed by atoms with van der Waals surface area (Å²) in [6, 6.07) is 7.87. The molecule has 1 aromatic rings. The van der Waals surface area contributed by atoms with Crippen LogP contribution in [0.15, 0.2) is 24.3 Å². The Balaban J connectivity index is 1.97. The molecule has 0 radical (unpaired) electrons. The van der Waals surface area contributed by atoms with Crippen molar-refractivity contribution in [2.75, 3.05) is 6.54 Å². The molecule has 0 saturated carbocycles. The number of fused-ring (bicyclic) bond motifs is 2. The summed E-state index contributed by atoms with van der Waals surface area (Å²) in [7, 11) is 0. The zero-order valence-electron chi connectivity index (χ0n) is 11.7. The first-order valence-corrected chi connectivity index (χ1v) is 6.78. The fourth-order valence-corrected chi connectivity index (χ4v) is 3.33. The molecule has 2 aliphatic rings. The third-order valence-electron chi connectivity index (χ3n) is 4.46. The number of nitrogens with zero attached hydrogens (tertiary/aromatic N) is 2. The number of amides is 1. The summed E-state index contributed by atoms with van der Waals surface area (Å²) >= 11 is 0. The molecular weight excluding hydrogens is 256 g/mol. The number of rotatable bonds is 2. The average molecular weight is 274 g/mol. The zero-order valence-corrected chi connectivity index (χ0v) is 11.7. The van der Waals surface area contributed by atoms with Crippen molar-refractivity contribution in [2.45, 2.75) is 38.5 Å². The Hall–Kier alpha value is -1.88. The Kier molecular flexibility index (Phi) is 2.83. The Morgan fingerprint density at radius 1 is 1.35 bits per heavy atom. The molecule has 0 bridgehead atoms. The van der Waals surface area contributed by atoms with Crippen molar-refractivity contribution < 1.29 is 14.7 Å². The maximum Gasteiger partial charge on any atom is 0.323 e. The number of carbonyl (C=O) groups is 2. The van der Waals surface area contributed by atoms with Gasteiger partial charge in [0.05, 0.1) is 11.7 Å². The Bertz CT molecular complexity index is 582. The number of carboxylic acid groups (broad SMARTS) is 1. The highest BCUT2D eigenvalue weighted by molar-refractivity contribution is 5.88. The van der Waals surface area contributed by atoms with Crippen molar-refractivity contribution in [2.24, 2.45) is 0 Å². The van der Waals surface area contributed by atoms with Gasteiger partial charge < -0.3 is 10.0 Å². The Labute approximate surface area is 117 Å². The van der Waals surface area contributed by atoms with Crippen LogP contribution in [0.5, 0.6) is 0 Å². The van der Waals surface area contributed by atoms with E-state index in [1.807, 2.05) is 32.0 Å². The molecule has 1 fully saturated rings. The van der Waals surface area contributed by atoms with Gasteiger partial charge in [0, 0.05) is 6.54 Å². The lowest BCUT2D eigenvalue weighted by molar-refractivity contribution is -0.146. The second-order valence-electron chi connectivity index (χ2n) is 5.93. The molecule has 0 unspecified atom stereocenters. The fourth-order valence-electron chi connectivity index (χ4n) is 3.33. The highest BCUT2D eigenvalue weighted by Gasteiger charge is 2.52. The summed E-state index contributed by atoms with van der Waals surface area (Å²) in [5.41, 5.74) is 1.85. The first kappa shape index (κ1) is 13.1. The number of carbonyl (C=O) groups excluding carboxylic acids is 1. The Morgan fingerprint density at radius 2 is 2.00 bits per heavy atom. The van der Waals surface area contributed by atoms with Crippen LogP contribution in [0.25, 0.3) is 0 Å². The molecule has 0 aliphatic carbocycles. The molecule has 5 heteroatoms. The molecule has 0 aromatic heterocycles. The van der Waals surface area contributed by atoms with Crippen LogP contribution in [0, 0.1) is 0 Å². The van der Waals surface area contributed by atoms with Crippen molar-refractivity contribution in [1.82, 2.24) is 9.80 Å². The summed E-state index contributed by atoms with van der Waals surface area (Å²) in [5.74, 6) is -1.05. The average Bonchev–Trinajstić information content (AvgIpc) is 2.58. The highest BCUT2D eigenvalue weighted by Crippen LogP contribution is 2.38. The lowest BCUT2D eigenvalue weighted by Crippen LogP contribution is -2.51. The standard InChI is InChI=1S/C15H18N2O3/c1-15(2)16-8-11-6-4-3-5-10(11)7-12(16)14(20)17(15)9-13(18)19/h3-6,12H,7-9H2,1-2H3,(H,18,19)/t12-/m0/s1. The van der Waals surface area contributed by atoms with Gasteiger partial charge in [-0.1, -0.05) is 24.3 Å². The second-order valence-corrected chi connectivity index (χ2v) is 5.93. The molecule has 0 spiro atoms. The van der Waals surface area contributed by atoms with E-state index in [4.69, 9.17) is 5.11 Å². The molecule has 1 atom stereocenters. The van der Waals surface area contributed by atoms with Gasteiger partial charge in [-0.3, -0.25) is 14.5 Å². The van der Waals surface area contributed by atoms with Crippen LogP contribution >= 0.6 is 0 Å². The molecule has 106 valence electrons. The van der Waals surface area contributed by atoms with E-state index in [2.05, 4.69) is 11.0 Å². The molecule has 3 rings (SSSR count). The largest absolute Gasteiger partial charge is 0.480 e. The van der Waals surface area contributed by atoms with E-state index in [9.17, 15) is 9.59 Å². The van der Waals surface area contributed by atoms with Gasteiger partial charge >= 0.3 is 5.97 Å². The lowest BCUT2D eigenvalue weighted by atomic mass is 9.94. The zero-order chi connectivity index (χ0) is 14.5. The van der Waals surface area contributed by atoms with Crippen molar-refractivity contribution >= 4 is 11.9 Å². The van der Waals surface area contributed by atoms with E-state index in [0.717, 1.165) is 0 Å². The van der Waals surface area contributed by atoms with Crippen molar-refractivity contribution in [1.29, 1.82) is 0 Å². The van der Waals surface area contributed by atoms with E-state index < -0.39 is 11.6 Å². The van der Waals surface area contributed by atoms with Crippen LogP contribution in [0.4, 0.5) is 0 Å². The predicted molar refractivity (Wildman–Crippen MR) is 72.9 cm³/mol. The summed E-state index contributed by atoms with van der Waals surface area (Å²) < 4.78 is 0. The van der Waals surface area contributed by atoms with E-state index in [0.29, 0.717) is 13.0 Å². The van der Waals surface area contributed by atoms with E-state index in [-0.39, 0.29) is 18.5 Å². The molecule has 1 N–H and O–H groups in total. The van der Waals surface area contributed by atoms with E-state index in [1.165, 1.54) is 16.0 Å². The SMILES string of the molecule is CC1(C)N(CC(=O)O)C(=O)[C@@H]2Cc3ccccc3CN21. The van der Waals surface area contributed by atoms with Crippen LogP contribution < -0.4 is 0 Å². The number of hydrogen-bond acceptors (Lipinski definition) is 3. The summed E-state index contributed by atoms with van der Waals surface area (Å²) in [5, 5.41) is 9.02. The van der Waals surface area contributed by atoms with Crippen LogP contribution in [-0.2, 0) is 22.6 Å². The van der Waals surface area contributed by atoms with Gasteiger partial charge in [-0.05, 0) is 31.4 Å². The minimum atomic E-state index is -0.969. The lowest BCUT2D eigenvalue weighted by Gasteiger charge is -2.40. The van der Waals surface area contributed by atoms with Crippen molar-refractivity contribution in [3.05, 3.63) is 35.4 Å². The maximum absolute atomic E-state index is 12.5. The molecule has 1 amide bonds. The van der Waals surface area contributed by atoms with Gasteiger partial charge in [0.25, 0.3) is 0 Å². The summed E-state index contributed by atoms with van der Waals surface area (Å²) in [4.78, 5) is 27.1. The molecular formula is C15H18N2O3. The van der Waals surface area contributed by atoms with Gasteiger partial charge in [0.1, 0.15) is 6.54 Å². The van der Waals surface area contributed by atoms with Gasteiger partial charge in [0.2, 0.25) is 5.91 Å². The van der Waals surface area contributed by atoms with Gasteiger partial charge in [-0.25, -0.2) is 0 Å². The first-order valence-electron chi connectivity index (χ1n) is 6.78. The van der Waals surface area contributed by atoms with Crippen molar-refractivity contribution in [3.8, 4) is 0 Å². The quantitative estimate of drug-likeness (QED) is 0.876. The molecule has 20 heavy (non-hydrogen) atoms. The third kappa shape index (κ3) is 1.81. The van der Waals surface area contributed by atoms with Gasteiger partial charge in [-0.2, -0.15) is 0 Å². The second kappa shape index (κ2) is 4.31. The topological polar surface area (TPSA) is 60.9 Å². The normalized spacial score (nSPS) is 24.4. The number of hydrogen-bond donors (Lipinski definition) is 1. The number of benzene rings is 1. The molecule has 2 heterocycles. The number of carboxylic acids is 1. The minimum Gasteiger partial charge on any atom is -0.480 e. The first-order chi connectivity index (χ1) is 9.41. The van der Waals surface area contributed by atoms with Crippen molar-refractivity contribution in [3.63, 3.8) is 0 Å². The van der Waals surface area contributed by atoms with E-state index in [1.54, 1.807) is 0 Å². The van der Waals surface area contributed by atoms with Gasteiger partial charge in [-0.15, -0.1) is 0 Å². The summed E-state index contributed by atoms with van der Waals surface area (Å²) in [6.07, 6.45) is 0.661. The van der Waals surface area contributed by atoms with E-state index >= 15 is 0 Å². The van der Waals surface area contributed by atoms with Gasteiger partial charge in [0.15, 0.2) is 0 Å². The van der Waals surface area contributed by atoms with Crippen LogP contribution in [-0.4, -0.2) is 45.0 Å². The smallest absolute Gasteiger partial charge is 0.323 e. The number of aliphatic carboxylic acids is 1. The third-order valence-corrected chi connectivity index (χ3v) is 4.46. The molecule has 1 aromatic carbocycles. The molecule has 2 aliphatic heterocycles. The fraction of sp³-hybridized carbons (Fsp3) is 0.467. The summed E-state index contributed by atoms with van der Waals surface area (Å²) in [6.45, 7) is 4.29. The highest BCUT2D eigenvalue weighted by atomic mass is 16.4. The van der Waals surface area contributed by atoms with Crippen LogP contribution in [0.3, 0.4) is 0 Å². The predicted octanol–water partition coefficient (Wildman–Crippen LogP) is 1.08. The minimum absolute atomic E-state index is 0.0769. The maximum atomic E-state index is 12.5. The Morgan fingerprint density at radius 3 is 2.65 bits per heavy atom. The van der Waals surface area contributed by atoms with Crippen LogP contribution in [0.2, 0.25) is 0 Å². The van der Waals surface area contributed by atoms with Crippen LogP contribution in [0.1, 0.15) is 25.0 Å². The molecule has 1 saturated heterocycles. The molecule has 5 nitrogen and oxygen atoms in total. The monoisotopic (exact) mass is 274 g/mol.